The smallest absolute Gasteiger partial charge is 0.317 e. The molecule has 2 rings (SSSR count). The maximum atomic E-state index is 11.4. The quantitative estimate of drug-likeness (QED) is 0.808. The summed E-state index contributed by atoms with van der Waals surface area (Å²) in [5, 5.41) is 12.0. The fourth-order valence-electron chi connectivity index (χ4n) is 1.82. The van der Waals surface area contributed by atoms with E-state index in [1.807, 2.05) is 17.0 Å². The lowest BCUT2D eigenvalue weighted by Crippen LogP contribution is -2.47. The summed E-state index contributed by atoms with van der Waals surface area (Å²) in [5.41, 5.74) is 1.14. The lowest BCUT2D eigenvalue weighted by molar-refractivity contribution is 0.187. The molecule has 1 aliphatic heterocycles. The Labute approximate surface area is 94.9 Å². The molecule has 2 N–H and O–H groups in total. The summed E-state index contributed by atoms with van der Waals surface area (Å²) in [5.74, 6) is 0.277. The van der Waals surface area contributed by atoms with Gasteiger partial charge in [0.15, 0.2) is 0 Å². The molecule has 1 fully saturated rings. The first-order valence-electron chi connectivity index (χ1n) is 5.56. The number of rotatable bonds is 3. The molecule has 0 aliphatic carbocycles. The van der Waals surface area contributed by atoms with Gasteiger partial charge in [-0.25, -0.2) is 4.79 Å². The molecule has 0 unspecified atom stereocenters. The normalized spacial score (nSPS) is 16.0. The van der Waals surface area contributed by atoms with E-state index in [0.717, 1.165) is 38.0 Å². The van der Waals surface area contributed by atoms with Gasteiger partial charge in [-0.15, -0.1) is 0 Å². The van der Waals surface area contributed by atoms with Crippen LogP contribution in [0.25, 0.3) is 0 Å². The van der Waals surface area contributed by atoms with Gasteiger partial charge >= 0.3 is 6.03 Å². The fraction of sp³-hybridized carbons (Fsp3) is 0.417. The van der Waals surface area contributed by atoms with Crippen LogP contribution in [0.15, 0.2) is 24.3 Å². The zero-order chi connectivity index (χ0) is 11.4. The third-order valence-corrected chi connectivity index (χ3v) is 2.77. The van der Waals surface area contributed by atoms with Crippen LogP contribution in [0.2, 0.25) is 0 Å². The maximum absolute atomic E-state index is 11.4. The topological polar surface area (TPSA) is 52.6 Å². The fourth-order valence-corrected chi connectivity index (χ4v) is 1.82. The second kappa shape index (κ2) is 4.88. The Morgan fingerprint density at radius 1 is 1.31 bits per heavy atom. The van der Waals surface area contributed by atoms with Gasteiger partial charge in [0.25, 0.3) is 0 Å². The molecule has 1 aromatic rings. The van der Waals surface area contributed by atoms with Crippen LogP contribution in [0.4, 0.5) is 4.79 Å². The Hall–Kier alpha value is -1.71. The summed E-state index contributed by atoms with van der Waals surface area (Å²) in [7, 11) is 0. The summed E-state index contributed by atoms with van der Waals surface area (Å²) in [6, 6.07) is 7.15. The highest BCUT2D eigenvalue weighted by Crippen LogP contribution is 2.11. The van der Waals surface area contributed by atoms with Crippen molar-refractivity contribution in [3.05, 3.63) is 29.8 Å². The average Bonchev–Trinajstić information content (AvgIpc) is 2.30. The lowest BCUT2D eigenvalue weighted by atomic mass is 10.1. The van der Waals surface area contributed by atoms with E-state index >= 15 is 0 Å². The van der Waals surface area contributed by atoms with Crippen molar-refractivity contribution in [3.8, 4) is 5.75 Å². The number of benzene rings is 1. The maximum Gasteiger partial charge on any atom is 0.317 e. The Morgan fingerprint density at radius 2 is 2.06 bits per heavy atom. The standard InChI is InChI=1S/C12H16N2O2/c15-11-4-2-10(3-5-11)6-9-14-8-1-7-13-12(14)16/h2-5,15H,1,6-9H2,(H,13,16). The number of nitrogens with zero attached hydrogens (tertiary/aromatic N) is 1. The SMILES string of the molecule is O=C1NCCCN1CCc1ccc(O)cc1. The van der Waals surface area contributed by atoms with Crippen molar-refractivity contribution < 1.29 is 9.90 Å². The summed E-state index contributed by atoms with van der Waals surface area (Å²) in [4.78, 5) is 13.3. The highest BCUT2D eigenvalue weighted by molar-refractivity contribution is 5.74. The van der Waals surface area contributed by atoms with Crippen LogP contribution in [-0.2, 0) is 6.42 Å². The van der Waals surface area contributed by atoms with Crippen LogP contribution in [0.1, 0.15) is 12.0 Å². The minimum Gasteiger partial charge on any atom is -0.508 e. The number of nitrogens with one attached hydrogen (secondary N) is 1. The van der Waals surface area contributed by atoms with E-state index < -0.39 is 0 Å². The molecule has 4 heteroatoms. The Morgan fingerprint density at radius 3 is 2.75 bits per heavy atom. The van der Waals surface area contributed by atoms with Crippen molar-refractivity contribution in [2.24, 2.45) is 0 Å². The first-order valence-corrected chi connectivity index (χ1v) is 5.56. The molecule has 1 saturated heterocycles. The molecule has 1 aliphatic rings. The molecular weight excluding hydrogens is 204 g/mol. The molecule has 0 atom stereocenters. The molecule has 1 heterocycles. The van der Waals surface area contributed by atoms with E-state index in [0.29, 0.717) is 0 Å². The summed E-state index contributed by atoms with van der Waals surface area (Å²) in [6.45, 7) is 2.36. The van der Waals surface area contributed by atoms with E-state index in [-0.39, 0.29) is 11.8 Å². The number of phenols is 1. The number of carbonyl (C=O) groups excluding carboxylic acids is 1. The van der Waals surface area contributed by atoms with Gasteiger partial charge in [0.2, 0.25) is 0 Å². The van der Waals surface area contributed by atoms with Gasteiger partial charge in [0.1, 0.15) is 5.75 Å². The van der Waals surface area contributed by atoms with Crippen LogP contribution in [0, 0.1) is 0 Å². The third-order valence-electron chi connectivity index (χ3n) is 2.77. The molecule has 16 heavy (non-hydrogen) atoms. The van der Waals surface area contributed by atoms with E-state index in [4.69, 9.17) is 5.11 Å². The van der Waals surface area contributed by atoms with E-state index in [9.17, 15) is 4.79 Å². The number of phenolic OH excluding ortho intramolecular Hbond substituents is 1. The number of urea groups is 1. The second-order valence-electron chi connectivity index (χ2n) is 3.99. The van der Waals surface area contributed by atoms with Crippen molar-refractivity contribution in [1.82, 2.24) is 10.2 Å². The number of amides is 2. The Bertz CT molecular complexity index is 362. The van der Waals surface area contributed by atoms with Crippen molar-refractivity contribution in [2.75, 3.05) is 19.6 Å². The molecule has 1 aromatic carbocycles. The third kappa shape index (κ3) is 2.66. The molecule has 4 nitrogen and oxygen atoms in total. The first kappa shape index (κ1) is 10.8. The summed E-state index contributed by atoms with van der Waals surface area (Å²) >= 11 is 0. The number of hydrogen-bond donors (Lipinski definition) is 2. The van der Waals surface area contributed by atoms with Gasteiger partial charge < -0.3 is 15.3 Å². The van der Waals surface area contributed by atoms with Crippen molar-refractivity contribution in [2.45, 2.75) is 12.8 Å². The highest BCUT2D eigenvalue weighted by Gasteiger charge is 2.16. The zero-order valence-corrected chi connectivity index (χ0v) is 9.15. The predicted octanol–water partition coefficient (Wildman–Crippen LogP) is 1.35. The minimum absolute atomic E-state index is 0.0324. The molecule has 0 saturated carbocycles. The molecule has 86 valence electrons. The minimum atomic E-state index is 0.0324. The predicted molar refractivity (Wildman–Crippen MR) is 61.4 cm³/mol. The van der Waals surface area contributed by atoms with Crippen molar-refractivity contribution >= 4 is 6.03 Å². The largest absolute Gasteiger partial charge is 0.508 e. The molecular formula is C12H16N2O2. The molecule has 0 bridgehead atoms. The molecule has 0 radical (unpaired) electrons. The summed E-state index contributed by atoms with van der Waals surface area (Å²) < 4.78 is 0. The van der Waals surface area contributed by atoms with Crippen LogP contribution in [-0.4, -0.2) is 35.7 Å². The monoisotopic (exact) mass is 220 g/mol. The number of carbonyl (C=O) groups is 1. The highest BCUT2D eigenvalue weighted by atomic mass is 16.3. The van der Waals surface area contributed by atoms with Gasteiger partial charge in [-0.1, -0.05) is 12.1 Å². The van der Waals surface area contributed by atoms with E-state index in [2.05, 4.69) is 5.32 Å². The molecule has 2 amide bonds. The van der Waals surface area contributed by atoms with Gasteiger partial charge in [0, 0.05) is 19.6 Å². The van der Waals surface area contributed by atoms with Gasteiger partial charge in [-0.05, 0) is 30.5 Å². The molecule has 0 aromatic heterocycles. The Balaban J connectivity index is 1.86. The lowest BCUT2D eigenvalue weighted by Gasteiger charge is -2.27. The van der Waals surface area contributed by atoms with Crippen LogP contribution in [0.3, 0.4) is 0 Å². The van der Waals surface area contributed by atoms with Gasteiger partial charge in [-0.3, -0.25) is 0 Å². The first-order chi connectivity index (χ1) is 7.75. The zero-order valence-electron chi connectivity index (χ0n) is 9.15. The van der Waals surface area contributed by atoms with E-state index in [1.54, 1.807) is 12.1 Å². The number of hydrogen-bond acceptors (Lipinski definition) is 2. The van der Waals surface area contributed by atoms with Crippen LogP contribution in [0.5, 0.6) is 5.75 Å². The second-order valence-corrected chi connectivity index (χ2v) is 3.99. The van der Waals surface area contributed by atoms with E-state index in [1.165, 1.54) is 0 Å². The van der Waals surface area contributed by atoms with Crippen LogP contribution < -0.4 is 5.32 Å². The van der Waals surface area contributed by atoms with Crippen molar-refractivity contribution in [1.29, 1.82) is 0 Å². The number of aromatic hydroxyl groups is 1. The van der Waals surface area contributed by atoms with Crippen LogP contribution >= 0.6 is 0 Å². The summed E-state index contributed by atoms with van der Waals surface area (Å²) in [6.07, 6.45) is 1.84. The van der Waals surface area contributed by atoms with Gasteiger partial charge in [-0.2, -0.15) is 0 Å². The Kier molecular flexibility index (Phi) is 3.29. The van der Waals surface area contributed by atoms with Crippen molar-refractivity contribution in [3.63, 3.8) is 0 Å². The van der Waals surface area contributed by atoms with Gasteiger partial charge in [0.05, 0.1) is 0 Å². The average molecular weight is 220 g/mol. The molecule has 0 spiro atoms.